The van der Waals surface area contributed by atoms with Crippen molar-refractivity contribution >= 4 is 43.1 Å². The first-order chi connectivity index (χ1) is 15.2. The van der Waals surface area contributed by atoms with E-state index < -0.39 is 6.04 Å². The van der Waals surface area contributed by atoms with Gasteiger partial charge in [0.1, 0.15) is 6.04 Å². The summed E-state index contributed by atoms with van der Waals surface area (Å²) in [6.45, 7) is 0.867. The summed E-state index contributed by atoms with van der Waals surface area (Å²) in [5.41, 5.74) is 2.66. The van der Waals surface area contributed by atoms with E-state index in [0.29, 0.717) is 35.9 Å². The normalized spacial score (nSPS) is 10.4. The van der Waals surface area contributed by atoms with Crippen LogP contribution in [0.2, 0.25) is 0 Å². The third-order valence-corrected chi connectivity index (χ3v) is 4.76. The predicted octanol–water partition coefficient (Wildman–Crippen LogP) is 3.92. The molecule has 1 amide bonds. The van der Waals surface area contributed by atoms with Crippen molar-refractivity contribution in [3.05, 3.63) is 77.9 Å². The molecule has 0 aliphatic heterocycles. The maximum Gasteiger partial charge on any atom is 0.242 e. The van der Waals surface area contributed by atoms with E-state index >= 15 is 0 Å². The van der Waals surface area contributed by atoms with Crippen LogP contribution < -0.4 is 24.8 Å². The Kier molecular flexibility index (Phi) is 14.6. The summed E-state index contributed by atoms with van der Waals surface area (Å²) in [5, 5.41) is 6.31. The number of methoxy groups -OCH3 is 3. The molecule has 0 saturated carbocycles. The molecule has 34 heavy (non-hydrogen) atoms. The molecule has 11 heteroatoms. The fraction of sp³-hybridized carbons (Fsp3) is 0.261. The number of pyridine rings is 2. The summed E-state index contributed by atoms with van der Waals surface area (Å²) in [6, 6.07) is 10.4. The number of carbonyl (C=O) groups is 1. The molecule has 3 rings (SSSR count). The van der Waals surface area contributed by atoms with Crippen LogP contribution in [0.5, 0.6) is 17.2 Å². The summed E-state index contributed by atoms with van der Waals surface area (Å²) in [6.07, 6.45) is 6.82. The zero-order valence-corrected chi connectivity index (χ0v) is 21.5. The first-order valence-corrected chi connectivity index (χ1v) is 9.75. The Bertz CT molecular complexity index is 973. The van der Waals surface area contributed by atoms with Crippen molar-refractivity contribution in [3.8, 4) is 17.2 Å². The van der Waals surface area contributed by atoms with Gasteiger partial charge in [-0.3, -0.25) is 20.1 Å². The molecule has 0 aliphatic rings. The summed E-state index contributed by atoms with van der Waals surface area (Å²) >= 11 is 0. The molecule has 0 aliphatic carbocycles. The van der Waals surface area contributed by atoms with Gasteiger partial charge in [0.2, 0.25) is 11.7 Å². The highest BCUT2D eigenvalue weighted by Crippen LogP contribution is 2.39. The summed E-state index contributed by atoms with van der Waals surface area (Å²) < 4.78 is 16.3. The van der Waals surface area contributed by atoms with E-state index in [4.69, 9.17) is 14.2 Å². The molecular formula is C23H29Cl3N4O4. The number of benzene rings is 1. The molecule has 0 saturated heterocycles. The van der Waals surface area contributed by atoms with E-state index in [9.17, 15) is 4.79 Å². The van der Waals surface area contributed by atoms with Crippen LogP contribution in [0.1, 0.15) is 22.7 Å². The average molecular weight is 532 g/mol. The molecule has 8 nitrogen and oxygen atoms in total. The van der Waals surface area contributed by atoms with E-state index in [1.807, 2.05) is 24.3 Å². The van der Waals surface area contributed by atoms with Gasteiger partial charge in [0.05, 0.1) is 21.3 Å². The van der Waals surface area contributed by atoms with Crippen molar-refractivity contribution in [2.45, 2.75) is 19.1 Å². The molecule has 0 radical (unpaired) electrons. The summed E-state index contributed by atoms with van der Waals surface area (Å²) in [5.74, 6) is 1.25. The van der Waals surface area contributed by atoms with Crippen LogP contribution in [0, 0.1) is 0 Å². The van der Waals surface area contributed by atoms with Crippen molar-refractivity contribution in [3.63, 3.8) is 0 Å². The van der Waals surface area contributed by atoms with Crippen LogP contribution in [0.4, 0.5) is 0 Å². The number of hydrogen-bond donors (Lipinski definition) is 2. The Hall–Kier alpha value is -2.78. The monoisotopic (exact) mass is 530 g/mol. The molecule has 0 spiro atoms. The smallest absolute Gasteiger partial charge is 0.242 e. The first kappa shape index (κ1) is 31.2. The van der Waals surface area contributed by atoms with Crippen LogP contribution in [0.25, 0.3) is 0 Å². The Morgan fingerprint density at radius 1 is 0.794 bits per heavy atom. The van der Waals surface area contributed by atoms with Crippen LogP contribution >= 0.6 is 37.2 Å². The second kappa shape index (κ2) is 16.0. The lowest BCUT2D eigenvalue weighted by atomic mass is 10.0. The Morgan fingerprint density at radius 2 is 1.26 bits per heavy atom. The highest BCUT2D eigenvalue weighted by atomic mass is 35.5. The van der Waals surface area contributed by atoms with Gasteiger partial charge in [0, 0.05) is 37.9 Å². The number of carbonyl (C=O) groups excluding carboxylic acids is 1. The maximum absolute atomic E-state index is 13.2. The third-order valence-electron chi connectivity index (χ3n) is 4.76. The van der Waals surface area contributed by atoms with Crippen molar-refractivity contribution in [1.29, 1.82) is 0 Å². The van der Waals surface area contributed by atoms with Gasteiger partial charge in [0.25, 0.3) is 0 Å². The van der Waals surface area contributed by atoms with Crippen molar-refractivity contribution < 1.29 is 19.0 Å². The minimum atomic E-state index is -0.649. The topological polar surface area (TPSA) is 94.6 Å². The molecule has 186 valence electrons. The fourth-order valence-corrected chi connectivity index (χ4v) is 3.14. The Morgan fingerprint density at radius 3 is 1.71 bits per heavy atom. The lowest BCUT2D eigenvalue weighted by molar-refractivity contribution is -0.123. The van der Waals surface area contributed by atoms with Crippen molar-refractivity contribution in [1.82, 2.24) is 20.6 Å². The molecule has 0 fully saturated rings. The molecule has 2 aromatic heterocycles. The van der Waals surface area contributed by atoms with E-state index in [-0.39, 0.29) is 43.1 Å². The van der Waals surface area contributed by atoms with E-state index in [0.717, 1.165) is 11.1 Å². The molecule has 1 unspecified atom stereocenters. The maximum atomic E-state index is 13.2. The largest absolute Gasteiger partial charge is 0.493 e. The molecule has 1 atom stereocenters. The van der Waals surface area contributed by atoms with Gasteiger partial charge in [-0.15, -0.1) is 37.2 Å². The van der Waals surface area contributed by atoms with Crippen LogP contribution in [-0.2, 0) is 17.9 Å². The Labute approximate surface area is 218 Å². The lowest BCUT2D eigenvalue weighted by Gasteiger charge is -2.21. The minimum absolute atomic E-state index is 0. The van der Waals surface area contributed by atoms with Gasteiger partial charge in [-0.1, -0.05) is 0 Å². The second-order valence-electron chi connectivity index (χ2n) is 6.70. The third kappa shape index (κ3) is 8.22. The van der Waals surface area contributed by atoms with Crippen LogP contribution in [0.15, 0.2) is 61.2 Å². The minimum Gasteiger partial charge on any atom is -0.493 e. The molecule has 0 bridgehead atoms. The van der Waals surface area contributed by atoms with E-state index in [1.54, 1.807) is 58.2 Å². The highest BCUT2D eigenvalue weighted by Gasteiger charge is 2.24. The van der Waals surface area contributed by atoms with E-state index in [1.165, 1.54) is 0 Å². The number of hydrogen-bond acceptors (Lipinski definition) is 7. The van der Waals surface area contributed by atoms with Gasteiger partial charge < -0.3 is 19.5 Å². The van der Waals surface area contributed by atoms with Crippen LogP contribution in [-0.4, -0.2) is 37.2 Å². The first-order valence-electron chi connectivity index (χ1n) is 9.75. The van der Waals surface area contributed by atoms with Gasteiger partial charge in [-0.25, -0.2) is 0 Å². The van der Waals surface area contributed by atoms with Gasteiger partial charge >= 0.3 is 0 Å². The number of amides is 1. The average Bonchev–Trinajstić information content (AvgIpc) is 2.83. The lowest BCUT2D eigenvalue weighted by Crippen LogP contribution is -2.37. The zero-order valence-electron chi connectivity index (χ0n) is 19.0. The second-order valence-corrected chi connectivity index (χ2v) is 6.70. The van der Waals surface area contributed by atoms with Gasteiger partial charge in [-0.05, 0) is 53.1 Å². The van der Waals surface area contributed by atoms with Crippen LogP contribution in [0.3, 0.4) is 0 Å². The SMILES string of the molecule is COc1cc(C(NCc2ccncc2)C(=O)NCc2ccncc2)cc(OC)c1OC.Cl.Cl.Cl. The summed E-state index contributed by atoms with van der Waals surface area (Å²) in [4.78, 5) is 21.2. The molecule has 1 aromatic carbocycles. The summed E-state index contributed by atoms with van der Waals surface area (Å²) in [7, 11) is 4.63. The number of nitrogens with zero attached hydrogens (tertiary/aromatic N) is 2. The number of aromatic nitrogens is 2. The number of nitrogens with one attached hydrogen (secondary N) is 2. The molecular weight excluding hydrogens is 503 g/mol. The number of halogens is 3. The van der Waals surface area contributed by atoms with Crippen molar-refractivity contribution in [2.75, 3.05) is 21.3 Å². The molecule has 2 N–H and O–H groups in total. The number of ether oxygens (including phenoxy) is 3. The highest BCUT2D eigenvalue weighted by molar-refractivity contribution is 5.86. The quantitative estimate of drug-likeness (QED) is 0.409. The fourth-order valence-electron chi connectivity index (χ4n) is 3.14. The van der Waals surface area contributed by atoms with Gasteiger partial charge in [0.15, 0.2) is 11.5 Å². The van der Waals surface area contributed by atoms with Crippen molar-refractivity contribution in [2.24, 2.45) is 0 Å². The zero-order chi connectivity index (χ0) is 22.1. The van der Waals surface area contributed by atoms with Gasteiger partial charge in [-0.2, -0.15) is 0 Å². The Balaban J connectivity index is 0.00000363. The number of rotatable bonds is 10. The van der Waals surface area contributed by atoms with E-state index in [2.05, 4.69) is 20.6 Å². The molecule has 2 heterocycles. The standard InChI is InChI=1S/C23H26N4O4.3ClH/c1-29-19-12-18(13-20(30-2)22(19)31-3)21(26-14-16-4-8-24-9-5-16)23(28)27-15-17-6-10-25-11-7-17;;;/h4-13,21,26H,14-15H2,1-3H3,(H,27,28);3*1H. The molecule has 3 aromatic rings. The predicted molar refractivity (Wildman–Crippen MR) is 138 cm³/mol.